The van der Waals surface area contributed by atoms with Gasteiger partial charge in [-0.05, 0) is 22.9 Å². The molecule has 0 unspecified atom stereocenters. The molecule has 0 amide bonds. The molecule has 5 nitrogen and oxygen atoms in total. The second-order valence-electron chi connectivity index (χ2n) is 6.35. The molecule has 0 atom stereocenters. The third-order valence-corrected chi connectivity index (χ3v) is 5.03. The van der Waals surface area contributed by atoms with Gasteiger partial charge in [0.1, 0.15) is 6.54 Å². The number of carbonyl (C=O) groups excluding carboxylic acids is 2. The maximum absolute atomic E-state index is 13.2. The summed E-state index contributed by atoms with van der Waals surface area (Å²) in [7, 11) is 3.45. The van der Waals surface area contributed by atoms with Gasteiger partial charge in [0.15, 0.2) is 0 Å². The Kier molecular flexibility index (Phi) is 3.54. The van der Waals surface area contributed by atoms with Gasteiger partial charge in [0.05, 0.1) is 13.7 Å². The zero-order valence-electron chi connectivity index (χ0n) is 14.5. The Morgan fingerprint density at radius 2 is 1.64 bits per heavy atom. The number of benzene rings is 2. The van der Waals surface area contributed by atoms with E-state index in [4.69, 9.17) is 4.74 Å². The van der Waals surface area contributed by atoms with E-state index in [9.17, 15) is 9.59 Å². The van der Waals surface area contributed by atoms with Gasteiger partial charge in [-0.3, -0.25) is 9.59 Å². The molecule has 5 heteroatoms. The smallest absolute Gasteiger partial charge is 0.254 e. The third-order valence-electron chi connectivity index (χ3n) is 5.03. The third kappa shape index (κ3) is 2.16. The number of hydrogen-bond donors (Lipinski definition) is 0. The number of aromatic nitrogens is 2. The Morgan fingerprint density at radius 3 is 2.24 bits per heavy atom. The Hall–Kier alpha value is -2.79. The fourth-order valence-corrected chi connectivity index (χ4v) is 3.61. The van der Waals surface area contributed by atoms with E-state index in [0.29, 0.717) is 35.7 Å². The maximum atomic E-state index is 13.2. The van der Waals surface area contributed by atoms with Crippen LogP contribution in [0.3, 0.4) is 0 Å². The molecular formula is C20H19N2O3+. The minimum Gasteiger partial charge on any atom is -0.381 e. The summed E-state index contributed by atoms with van der Waals surface area (Å²) in [5.74, 6) is 0.661. The summed E-state index contributed by atoms with van der Waals surface area (Å²) in [5, 5.41) is 1.92. The number of fused-ring (bicyclic) bond motifs is 3. The second-order valence-corrected chi connectivity index (χ2v) is 6.35. The summed E-state index contributed by atoms with van der Waals surface area (Å²) in [6, 6.07) is 11.4. The summed E-state index contributed by atoms with van der Waals surface area (Å²) >= 11 is 0. The quantitative estimate of drug-likeness (QED) is 0.539. The van der Waals surface area contributed by atoms with Crippen LogP contribution < -0.4 is 4.57 Å². The van der Waals surface area contributed by atoms with Gasteiger partial charge in [-0.15, -0.1) is 0 Å². The van der Waals surface area contributed by atoms with E-state index < -0.39 is 0 Å². The minimum atomic E-state index is -0.102. The van der Waals surface area contributed by atoms with Gasteiger partial charge in [0.25, 0.3) is 5.82 Å². The molecular weight excluding hydrogens is 316 g/mol. The van der Waals surface area contributed by atoms with E-state index in [1.54, 1.807) is 7.11 Å². The average molecular weight is 335 g/mol. The molecule has 1 heterocycles. The van der Waals surface area contributed by atoms with E-state index >= 15 is 0 Å². The average Bonchev–Trinajstić information content (AvgIpc) is 2.88. The normalized spacial score (nSPS) is 13.2. The number of imidazole rings is 1. The van der Waals surface area contributed by atoms with Crippen LogP contribution in [0, 0.1) is 6.92 Å². The summed E-state index contributed by atoms with van der Waals surface area (Å²) in [6.07, 6.45) is 0. The lowest BCUT2D eigenvalue weighted by atomic mass is 9.87. The highest BCUT2D eigenvalue weighted by molar-refractivity contribution is 6.27. The van der Waals surface area contributed by atoms with Crippen molar-refractivity contribution in [3.63, 3.8) is 0 Å². The second kappa shape index (κ2) is 5.63. The summed E-state index contributed by atoms with van der Waals surface area (Å²) in [6.45, 7) is 2.93. The van der Waals surface area contributed by atoms with E-state index in [1.165, 1.54) is 0 Å². The molecule has 0 bridgehead atoms. The van der Waals surface area contributed by atoms with Gasteiger partial charge >= 0.3 is 0 Å². The Balaban J connectivity index is 1.98. The molecule has 0 N–H and O–H groups in total. The number of nitrogens with zero attached hydrogens (tertiary/aromatic N) is 2. The maximum Gasteiger partial charge on any atom is 0.254 e. The predicted molar refractivity (Wildman–Crippen MR) is 93.0 cm³/mol. The van der Waals surface area contributed by atoms with Crippen molar-refractivity contribution in [2.75, 3.05) is 13.7 Å². The van der Waals surface area contributed by atoms with Crippen LogP contribution in [-0.4, -0.2) is 29.9 Å². The first-order chi connectivity index (χ1) is 12.0. The van der Waals surface area contributed by atoms with Gasteiger partial charge in [-0.25, -0.2) is 9.13 Å². The van der Waals surface area contributed by atoms with Gasteiger partial charge in [0.2, 0.25) is 23.0 Å². The van der Waals surface area contributed by atoms with Crippen molar-refractivity contribution < 1.29 is 18.9 Å². The fourth-order valence-electron chi connectivity index (χ4n) is 3.61. The SMILES string of the molecule is COCCn1c2c([n+](C)c1C)C(=O)c1cc3ccccc3cc1C2=O. The van der Waals surface area contributed by atoms with Crippen molar-refractivity contribution in [3.8, 4) is 0 Å². The van der Waals surface area contributed by atoms with Crippen molar-refractivity contribution in [2.24, 2.45) is 7.05 Å². The van der Waals surface area contributed by atoms with Gasteiger partial charge in [-0.2, -0.15) is 0 Å². The molecule has 126 valence electrons. The summed E-state index contributed by atoms with van der Waals surface area (Å²) in [5.41, 5.74) is 1.88. The predicted octanol–water partition coefficient (Wildman–Crippen LogP) is 2.20. The highest BCUT2D eigenvalue weighted by Crippen LogP contribution is 2.30. The lowest BCUT2D eigenvalue weighted by Crippen LogP contribution is -2.39. The van der Waals surface area contributed by atoms with Crippen LogP contribution >= 0.6 is 0 Å². The molecule has 1 aliphatic rings. The topological polar surface area (TPSA) is 52.2 Å². The van der Waals surface area contributed by atoms with E-state index in [0.717, 1.165) is 16.6 Å². The van der Waals surface area contributed by atoms with E-state index in [-0.39, 0.29) is 11.6 Å². The zero-order chi connectivity index (χ0) is 17.7. The monoisotopic (exact) mass is 335 g/mol. The number of ether oxygens (including phenoxy) is 1. The molecule has 0 saturated heterocycles. The van der Waals surface area contributed by atoms with Crippen molar-refractivity contribution in [1.82, 2.24) is 4.57 Å². The van der Waals surface area contributed by atoms with Crippen LogP contribution in [0.25, 0.3) is 10.8 Å². The highest BCUT2D eigenvalue weighted by atomic mass is 16.5. The van der Waals surface area contributed by atoms with Crippen LogP contribution in [0.1, 0.15) is 37.9 Å². The van der Waals surface area contributed by atoms with Crippen molar-refractivity contribution in [3.05, 3.63) is 64.7 Å². The van der Waals surface area contributed by atoms with Crippen LogP contribution in [0.2, 0.25) is 0 Å². The van der Waals surface area contributed by atoms with E-state index in [2.05, 4.69) is 0 Å². The Labute approximate surface area is 145 Å². The van der Waals surface area contributed by atoms with Gasteiger partial charge in [-0.1, -0.05) is 24.3 Å². The molecule has 0 radical (unpaired) electrons. The number of ketones is 2. The Morgan fingerprint density at radius 1 is 1.04 bits per heavy atom. The minimum absolute atomic E-state index is 0.0999. The fraction of sp³-hybridized carbons (Fsp3) is 0.250. The lowest BCUT2D eigenvalue weighted by molar-refractivity contribution is -0.679. The first-order valence-corrected chi connectivity index (χ1v) is 8.25. The molecule has 0 aliphatic heterocycles. The van der Waals surface area contributed by atoms with Crippen molar-refractivity contribution in [1.29, 1.82) is 0 Å². The number of rotatable bonds is 3. The molecule has 1 aromatic heterocycles. The molecule has 3 aromatic rings. The molecule has 2 aromatic carbocycles. The zero-order valence-corrected chi connectivity index (χ0v) is 14.5. The molecule has 0 saturated carbocycles. The number of methoxy groups -OCH3 is 1. The molecule has 0 spiro atoms. The van der Waals surface area contributed by atoms with Crippen molar-refractivity contribution >= 4 is 22.3 Å². The summed E-state index contributed by atoms with van der Waals surface area (Å²) in [4.78, 5) is 26.4. The van der Waals surface area contributed by atoms with Gasteiger partial charge in [0, 0.05) is 25.2 Å². The van der Waals surface area contributed by atoms with E-state index in [1.807, 2.05) is 59.5 Å². The molecule has 1 aliphatic carbocycles. The van der Waals surface area contributed by atoms with Crippen LogP contribution in [0.4, 0.5) is 0 Å². The Bertz CT molecular complexity index is 1050. The number of carbonyl (C=O) groups is 2. The number of hydrogen-bond acceptors (Lipinski definition) is 3. The van der Waals surface area contributed by atoms with Crippen LogP contribution in [0.15, 0.2) is 36.4 Å². The van der Waals surface area contributed by atoms with Crippen molar-refractivity contribution in [2.45, 2.75) is 13.5 Å². The first kappa shape index (κ1) is 15.7. The first-order valence-electron chi connectivity index (χ1n) is 8.25. The molecule has 25 heavy (non-hydrogen) atoms. The lowest BCUT2D eigenvalue weighted by Gasteiger charge is -2.14. The van der Waals surface area contributed by atoms with Gasteiger partial charge < -0.3 is 4.74 Å². The largest absolute Gasteiger partial charge is 0.381 e. The van der Waals surface area contributed by atoms with Crippen LogP contribution in [0.5, 0.6) is 0 Å². The standard InChI is InChI=1S/C20H19N2O3/c1-12-21(2)17-18(22(12)8-9-25-3)20(24)16-11-14-7-5-4-6-13(14)10-15(16)19(17)23/h4-7,10-11H,8-9H2,1-3H3/q+1. The highest BCUT2D eigenvalue weighted by Gasteiger charge is 2.42. The molecule has 4 rings (SSSR count). The van der Waals surface area contributed by atoms with Crippen LogP contribution in [-0.2, 0) is 18.3 Å². The summed E-state index contributed by atoms with van der Waals surface area (Å²) < 4.78 is 8.86. The molecule has 0 fully saturated rings.